The van der Waals surface area contributed by atoms with Crippen LogP contribution in [0.15, 0.2) is 237 Å². The van der Waals surface area contributed by atoms with Crippen LogP contribution in [0.2, 0.25) is 0 Å². The van der Waals surface area contributed by atoms with Crippen molar-refractivity contribution in [1.29, 1.82) is 0 Å². The third kappa shape index (κ3) is 4.57. The normalized spacial score (nSPS) is 14.2. The molecular formula is C62H39NS. The lowest BCUT2D eigenvalue weighted by Gasteiger charge is -2.35. The van der Waals surface area contributed by atoms with E-state index < -0.39 is 10.8 Å². The number of hydrogen-bond acceptors (Lipinski definition) is 2. The molecule has 0 amide bonds. The number of rotatable bonds is 5. The monoisotopic (exact) mass is 829 g/mol. The Bertz CT molecular complexity index is 3590. The fourth-order valence-corrected chi connectivity index (χ4v) is 13.3. The summed E-state index contributed by atoms with van der Waals surface area (Å²) in [5, 5.41) is 2.60. The fraction of sp³-hybridized carbons (Fsp3) is 0.0323. The molecule has 0 bridgehead atoms. The van der Waals surface area contributed by atoms with Crippen LogP contribution in [0, 0.1) is 0 Å². The molecule has 1 aromatic heterocycles. The van der Waals surface area contributed by atoms with Gasteiger partial charge in [-0.05, 0) is 109 Å². The van der Waals surface area contributed by atoms with Crippen LogP contribution in [0.25, 0.3) is 53.6 Å². The maximum Gasteiger partial charge on any atom is 0.0726 e. The Labute approximate surface area is 376 Å². The maximum atomic E-state index is 2.56. The Morgan fingerprint density at radius 2 is 0.766 bits per heavy atom. The van der Waals surface area contributed by atoms with Gasteiger partial charge in [0.25, 0.3) is 0 Å². The molecule has 11 aromatic rings. The van der Waals surface area contributed by atoms with E-state index in [0.717, 1.165) is 17.1 Å². The third-order valence-electron chi connectivity index (χ3n) is 14.6. The average Bonchev–Trinajstić information content (AvgIpc) is 4.07. The summed E-state index contributed by atoms with van der Waals surface area (Å²) in [6.45, 7) is 0. The van der Waals surface area contributed by atoms with E-state index in [1.54, 1.807) is 0 Å². The quantitative estimate of drug-likeness (QED) is 0.167. The molecule has 0 atom stereocenters. The minimum Gasteiger partial charge on any atom is -0.310 e. The first-order chi connectivity index (χ1) is 31.8. The van der Waals surface area contributed by atoms with Gasteiger partial charge in [0, 0.05) is 37.1 Å². The minimum absolute atomic E-state index is 0.461. The zero-order chi connectivity index (χ0) is 42.0. The molecule has 1 heterocycles. The predicted molar refractivity (Wildman–Crippen MR) is 268 cm³/mol. The second-order valence-corrected chi connectivity index (χ2v) is 18.5. The summed E-state index contributed by atoms with van der Waals surface area (Å²) < 4.78 is 2.59. The first-order valence-corrected chi connectivity index (χ1v) is 23.1. The van der Waals surface area contributed by atoms with Gasteiger partial charge in [0.1, 0.15) is 0 Å². The van der Waals surface area contributed by atoms with Crippen molar-refractivity contribution in [1.82, 2.24) is 0 Å². The van der Waals surface area contributed by atoms with E-state index in [9.17, 15) is 0 Å². The molecule has 0 radical (unpaired) electrons. The van der Waals surface area contributed by atoms with Crippen LogP contribution in [-0.2, 0) is 10.8 Å². The van der Waals surface area contributed by atoms with Crippen molar-refractivity contribution in [3.05, 3.63) is 281 Å². The van der Waals surface area contributed by atoms with Crippen molar-refractivity contribution in [3.63, 3.8) is 0 Å². The summed E-state index contributed by atoms with van der Waals surface area (Å²) in [6.07, 6.45) is 0. The number of fused-ring (bicyclic) bond motifs is 16. The average molecular weight is 830 g/mol. The number of thiophene rings is 1. The van der Waals surface area contributed by atoms with Crippen LogP contribution in [0.3, 0.4) is 0 Å². The highest BCUT2D eigenvalue weighted by Crippen LogP contribution is 2.64. The molecule has 0 saturated carbocycles. The third-order valence-corrected chi connectivity index (χ3v) is 15.7. The van der Waals surface area contributed by atoms with Gasteiger partial charge in [0.05, 0.1) is 16.5 Å². The van der Waals surface area contributed by atoms with Gasteiger partial charge in [-0.3, -0.25) is 0 Å². The molecule has 3 aliphatic carbocycles. The molecule has 0 fully saturated rings. The van der Waals surface area contributed by atoms with E-state index in [2.05, 4.69) is 241 Å². The van der Waals surface area contributed by atoms with Crippen LogP contribution < -0.4 is 4.90 Å². The van der Waals surface area contributed by atoms with Crippen molar-refractivity contribution in [3.8, 4) is 33.4 Å². The number of anilines is 3. The topological polar surface area (TPSA) is 3.24 Å². The van der Waals surface area contributed by atoms with Crippen molar-refractivity contribution in [2.75, 3.05) is 4.90 Å². The lowest BCUT2D eigenvalue weighted by molar-refractivity contribution is 0.768. The second-order valence-electron chi connectivity index (χ2n) is 17.5. The lowest BCUT2D eigenvalue weighted by atomic mass is 9.68. The molecular weight excluding hydrogens is 791 g/mol. The molecule has 0 saturated heterocycles. The van der Waals surface area contributed by atoms with Crippen molar-refractivity contribution in [2.45, 2.75) is 10.8 Å². The van der Waals surface area contributed by atoms with Crippen LogP contribution >= 0.6 is 11.3 Å². The summed E-state index contributed by atoms with van der Waals surface area (Å²) in [7, 11) is 0. The molecule has 0 aliphatic heterocycles. The Balaban J connectivity index is 1.09. The van der Waals surface area contributed by atoms with Crippen LogP contribution in [0.4, 0.5) is 17.1 Å². The molecule has 14 rings (SSSR count). The molecule has 0 unspecified atom stereocenters. The Morgan fingerprint density at radius 1 is 0.297 bits per heavy atom. The molecule has 2 heteroatoms. The maximum absolute atomic E-state index is 2.56. The van der Waals surface area contributed by atoms with Gasteiger partial charge in [-0.15, -0.1) is 11.3 Å². The Hall–Kier alpha value is -7.78. The van der Waals surface area contributed by atoms with Crippen LogP contribution in [-0.4, -0.2) is 0 Å². The zero-order valence-electron chi connectivity index (χ0n) is 34.9. The van der Waals surface area contributed by atoms with Crippen LogP contribution in [0.5, 0.6) is 0 Å². The van der Waals surface area contributed by atoms with Crippen LogP contribution in [0.1, 0.15) is 44.5 Å². The Kier molecular flexibility index (Phi) is 7.47. The fourth-order valence-electron chi connectivity index (χ4n) is 12.2. The summed E-state index contributed by atoms with van der Waals surface area (Å²) in [5.74, 6) is 0. The number of benzene rings is 10. The summed E-state index contributed by atoms with van der Waals surface area (Å²) in [5.41, 5.74) is 20.7. The zero-order valence-corrected chi connectivity index (χ0v) is 35.7. The number of hydrogen-bond donors (Lipinski definition) is 0. The van der Waals surface area contributed by atoms with Gasteiger partial charge in [0.2, 0.25) is 0 Å². The predicted octanol–water partition coefficient (Wildman–Crippen LogP) is 16.2. The molecule has 0 N–H and O–H groups in total. The smallest absolute Gasteiger partial charge is 0.0726 e. The molecule has 3 aliphatic rings. The molecule has 298 valence electrons. The van der Waals surface area contributed by atoms with Gasteiger partial charge in [-0.1, -0.05) is 200 Å². The van der Waals surface area contributed by atoms with Crippen molar-refractivity contribution in [2.24, 2.45) is 0 Å². The SMILES string of the molecule is c1ccc(C2(c3ccccc3)c3ccccc3-c3c(N(c4ccc5c(c4)C4(c6ccccc6-c6ccccc64)c4ccccc4-5)c4ccc5c(c4)sc4ccccc45)cccc32)cc1. The number of nitrogens with zero attached hydrogens (tertiary/aromatic N) is 1. The highest BCUT2D eigenvalue weighted by molar-refractivity contribution is 7.25. The Morgan fingerprint density at radius 3 is 1.41 bits per heavy atom. The van der Waals surface area contributed by atoms with Gasteiger partial charge >= 0.3 is 0 Å². The van der Waals surface area contributed by atoms with E-state index in [1.807, 2.05) is 11.3 Å². The summed E-state index contributed by atoms with van der Waals surface area (Å²) >= 11 is 1.88. The highest BCUT2D eigenvalue weighted by Gasteiger charge is 2.52. The molecule has 1 nitrogen and oxygen atoms in total. The van der Waals surface area contributed by atoms with Gasteiger partial charge < -0.3 is 4.90 Å². The van der Waals surface area contributed by atoms with E-state index in [-0.39, 0.29) is 0 Å². The summed E-state index contributed by atoms with van der Waals surface area (Å²) in [4.78, 5) is 2.56. The van der Waals surface area contributed by atoms with Crippen molar-refractivity contribution >= 4 is 48.6 Å². The van der Waals surface area contributed by atoms with Crippen molar-refractivity contribution < 1.29 is 0 Å². The van der Waals surface area contributed by atoms with Gasteiger partial charge in [-0.25, -0.2) is 0 Å². The second kappa shape index (κ2) is 13.4. The highest BCUT2D eigenvalue weighted by atomic mass is 32.1. The van der Waals surface area contributed by atoms with Gasteiger partial charge in [0.15, 0.2) is 0 Å². The van der Waals surface area contributed by atoms with E-state index in [1.165, 1.54) is 98.1 Å². The standard InChI is InChI=1S/C62H39NS/c1-3-18-40(19-4-1)61(41-20-5-2-6-21-41)54-30-15-10-26-50(54)60-55(61)31-17-32-57(60)63(43-35-37-49-48-25-11-16-33-58(48)64-59(49)39-43)42-34-36-47-46-24-9-14-29-53(46)62(56(47)38-42)51-27-12-7-22-44(51)45-23-8-13-28-52(45)62/h1-39H. The van der Waals surface area contributed by atoms with E-state index >= 15 is 0 Å². The molecule has 64 heavy (non-hydrogen) atoms. The van der Waals surface area contributed by atoms with E-state index in [0.29, 0.717) is 0 Å². The minimum atomic E-state index is -0.521. The first-order valence-electron chi connectivity index (χ1n) is 22.3. The van der Waals surface area contributed by atoms with E-state index in [4.69, 9.17) is 0 Å². The molecule has 1 spiro atoms. The summed E-state index contributed by atoms with van der Waals surface area (Å²) in [6, 6.07) is 89.0. The molecule has 10 aromatic carbocycles. The van der Waals surface area contributed by atoms with Gasteiger partial charge in [-0.2, -0.15) is 0 Å². The lowest BCUT2D eigenvalue weighted by Crippen LogP contribution is -2.28. The first kappa shape index (κ1) is 35.8. The largest absolute Gasteiger partial charge is 0.310 e.